The van der Waals surface area contributed by atoms with Crippen LogP contribution in [0.2, 0.25) is 0 Å². The number of rotatable bonds is 10. The molecule has 1 heteroatoms. The van der Waals surface area contributed by atoms with Gasteiger partial charge in [-0.3, -0.25) is 0 Å². The first-order valence-electron chi connectivity index (χ1n) is 17.1. The quantitative estimate of drug-likeness (QED) is 0.137. The molecule has 0 aromatic heterocycles. The summed E-state index contributed by atoms with van der Waals surface area (Å²) < 4.78 is 7.74. The average Bonchev–Trinajstić information content (AvgIpc) is 3.16. The minimum Gasteiger partial charge on any atom is -0.365 e. The molecule has 0 aliphatic carbocycles. The molecule has 0 saturated heterocycles. The average molecular weight is 631 g/mol. The van der Waals surface area contributed by atoms with Gasteiger partial charge in [-0.1, -0.05) is 171 Å². The van der Waals surface area contributed by atoms with Gasteiger partial charge >= 0.3 is 0 Å². The van der Waals surface area contributed by atoms with Crippen molar-refractivity contribution in [3.63, 3.8) is 0 Å². The minimum atomic E-state index is -0.235. The van der Waals surface area contributed by atoms with Crippen molar-refractivity contribution < 1.29 is 4.74 Å². The number of hydrogen-bond donors (Lipinski definition) is 0. The lowest BCUT2D eigenvalue weighted by atomic mass is 9.88. The van der Waals surface area contributed by atoms with Crippen LogP contribution in [0.5, 0.6) is 0 Å². The maximum Gasteiger partial charge on any atom is 0.0885 e. The van der Waals surface area contributed by atoms with Crippen LogP contribution in [0.25, 0.3) is 55.2 Å². The van der Waals surface area contributed by atoms with Gasteiger partial charge in [0.05, 0.1) is 12.2 Å². The Bertz CT molecular complexity index is 2170. The Morgan fingerprint density at radius 1 is 0.408 bits per heavy atom. The van der Waals surface area contributed by atoms with E-state index in [2.05, 4.69) is 171 Å². The van der Waals surface area contributed by atoms with Crippen LogP contribution in [-0.4, -0.2) is 0 Å². The zero-order valence-electron chi connectivity index (χ0n) is 27.6. The molecule has 8 aromatic carbocycles. The lowest BCUT2D eigenvalue weighted by Crippen LogP contribution is -2.17. The molecule has 0 N–H and O–H groups in total. The number of ether oxygens (including phenoxy) is 1. The van der Waals surface area contributed by atoms with E-state index in [4.69, 9.17) is 4.74 Å². The van der Waals surface area contributed by atoms with Gasteiger partial charge in [-0.05, 0) is 88.6 Å². The van der Waals surface area contributed by atoms with Gasteiger partial charge in [-0.25, -0.2) is 0 Å². The summed E-state index contributed by atoms with van der Waals surface area (Å²) in [4.78, 5) is 0. The third-order valence-electron chi connectivity index (χ3n) is 9.87. The summed E-state index contributed by atoms with van der Waals surface area (Å²) in [5, 5.41) is 9.80. The van der Waals surface area contributed by atoms with E-state index in [9.17, 15) is 0 Å². The summed E-state index contributed by atoms with van der Waals surface area (Å²) in [5.74, 6) is 0. The number of hydrogen-bond acceptors (Lipinski definition) is 1. The monoisotopic (exact) mass is 630 g/mol. The second-order valence-electron chi connectivity index (χ2n) is 12.9. The molecule has 49 heavy (non-hydrogen) atoms. The predicted octanol–water partition coefficient (Wildman–Crippen LogP) is 12.9. The molecule has 0 aliphatic heterocycles. The normalized spacial score (nSPS) is 12.7. The van der Waals surface area contributed by atoms with E-state index in [-0.39, 0.29) is 12.2 Å². The molecule has 0 amide bonds. The summed E-state index contributed by atoms with van der Waals surface area (Å²) in [6.07, 6.45) is 4.78. The minimum absolute atomic E-state index is 0.235. The standard InChI is InChI=1S/C48H38O/c1-3-33-21-25-35(26-22-33)29-45(47-41-17-9-5-13-37(41)31-38-14-6-10-18-42(38)47)49-46(30-36-27-23-34(4-2)24-28-36)48-43-19-11-7-15-39(43)32-40-16-8-12-20-44(40)48/h3-28,31-32,45-46H,1-2,29-30H2. The molecule has 0 radical (unpaired) electrons. The molecule has 236 valence electrons. The first kappa shape index (κ1) is 30.6. The highest BCUT2D eigenvalue weighted by atomic mass is 16.5. The number of benzene rings is 8. The molecule has 2 atom stereocenters. The van der Waals surface area contributed by atoms with Crippen LogP contribution < -0.4 is 0 Å². The third kappa shape index (κ3) is 6.06. The summed E-state index contributed by atoms with van der Waals surface area (Å²) in [6, 6.07) is 57.1. The molecule has 8 rings (SSSR count). The van der Waals surface area contributed by atoms with E-state index in [0.29, 0.717) is 0 Å². The van der Waals surface area contributed by atoms with Crippen LogP contribution in [0, 0.1) is 0 Å². The van der Waals surface area contributed by atoms with Gasteiger partial charge in [-0.15, -0.1) is 0 Å². The highest BCUT2D eigenvalue weighted by Crippen LogP contribution is 2.43. The van der Waals surface area contributed by atoms with Crippen molar-refractivity contribution in [2.24, 2.45) is 0 Å². The van der Waals surface area contributed by atoms with E-state index in [1.165, 1.54) is 65.3 Å². The summed E-state index contributed by atoms with van der Waals surface area (Å²) in [6.45, 7) is 7.96. The van der Waals surface area contributed by atoms with Crippen LogP contribution in [0.4, 0.5) is 0 Å². The zero-order chi connectivity index (χ0) is 33.2. The van der Waals surface area contributed by atoms with Gasteiger partial charge in [-0.2, -0.15) is 0 Å². The van der Waals surface area contributed by atoms with Crippen molar-refractivity contribution in [3.05, 3.63) is 204 Å². The van der Waals surface area contributed by atoms with Crippen molar-refractivity contribution in [1.29, 1.82) is 0 Å². The highest BCUT2D eigenvalue weighted by molar-refractivity contribution is 6.04. The molecular weight excluding hydrogens is 593 g/mol. The second-order valence-corrected chi connectivity index (χ2v) is 12.9. The van der Waals surface area contributed by atoms with E-state index >= 15 is 0 Å². The maximum absolute atomic E-state index is 7.74. The van der Waals surface area contributed by atoms with Gasteiger partial charge in [0.25, 0.3) is 0 Å². The molecular formula is C48H38O. The molecule has 2 unspecified atom stereocenters. The third-order valence-corrected chi connectivity index (χ3v) is 9.87. The highest BCUT2D eigenvalue weighted by Gasteiger charge is 2.27. The fourth-order valence-electron chi connectivity index (χ4n) is 7.43. The van der Waals surface area contributed by atoms with Crippen molar-refractivity contribution in [2.75, 3.05) is 0 Å². The Morgan fingerprint density at radius 3 is 1.02 bits per heavy atom. The summed E-state index contributed by atoms with van der Waals surface area (Å²) in [5.41, 5.74) is 7.14. The van der Waals surface area contributed by atoms with E-state index in [0.717, 1.165) is 24.0 Å². The van der Waals surface area contributed by atoms with Gasteiger partial charge in [0.15, 0.2) is 0 Å². The zero-order valence-corrected chi connectivity index (χ0v) is 27.6. The molecule has 0 fully saturated rings. The largest absolute Gasteiger partial charge is 0.365 e. The SMILES string of the molecule is C=Cc1ccc(CC(OC(Cc2ccc(C=C)cc2)c2c3ccccc3cc3ccccc23)c2c3ccccc3cc3ccccc23)cc1. The summed E-state index contributed by atoms with van der Waals surface area (Å²) >= 11 is 0. The topological polar surface area (TPSA) is 9.23 Å². The van der Waals surface area contributed by atoms with Crippen LogP contribution in [0.15, 0.2) is 171 Å². The first-order valence-corrected chi connectivity index (χ1v) is 17.1. The van der Waals surface area contributed by atoms with Gasteiger partial charge in [0.2, 0.25) is 0 Å². The fraction of sp³-hybridized carbons (Fsp3) is 0.0833. The molecule has 0 saturated carbocycles. The van der Waals surface area contributed by atoms with Crippen molar-refractivity contribution in [1.82, 2.24) is 0 Å². The maximum atomic E-state index is 7.74. The molecule has 0 aliphatic rings. The Labute approximate surface area is 288 Å². The Morgan fingerprint density at radius 2 is 0.714 bits per heavy atom. The van der Waals surface area contributed by atoms with Crippen molar-refractivity contribution in [3.8, 4) is 0 Å². The van der Waals surface area contributed by atoms with Gasteiger partial charge in [0.1, 0.15) is 0 Å². The van der Waals surface area contributed by atoms with Crippen LogP contribution in [0.3, 0.4) is 0 Å². The van der Waals surface area contributed by atoms with E-state index < -0.39 is 0 Å². The molecule has 0 heterocycles. The number of fused-ring (bicyclic) bond motifs is 4. The van der Waals surface area contributed by atoms with Crippen LogP contribution in [-0.2, 0) is 17.6 Å². The lowest BCUT2D eigenvalue weighted by molar-refractivity contribution is -0.0118. The molecule has 0 bridgehead atoms. The van der Waals surface area contributed by atoms with E-state index in [1.807, 2.05) is 12.2 Å². The second kappa shape index (κ2) is 13.4. The predicted molar refractivity (Wildman–Crippen MR) is 210 cm³/mol. The molecule has 0 spiro atoms. The van der Waals surface area contributed by atoms with Gasteiger partial charge in [0, 0.05) is 12.8 Å². The first-order chi connectivity index (χ1) is 24.2. The van der Waals surface area contributed by atoms with Crippen LogP contribution in [0.1, 0.15) is 45.6 Å². The molecule has 1 nitrogen and oxygen atoms in total. The Balaban J connectivity index is 1.37. The molecule has 8 aromatic rings. The summed E-state index contributed by atoms with van der Waals surface area (Å²) in [7, 11) is 0. The Kier molecular flexibility index (Phi) is 8.35. The van der Waals surface area contributed by atoms with Gasteiger partial charge < -0.3 is 4.74 Å². The lowest BCUT2D eigenvalue weighted by Gasteiger charge is -2.30. The van der Waals surface area contributed by atoms with Crippen molar-refractivity contribution in [2.45, 2.75) is 25.0 Å². The van der Waals surface area contributed by atoms with Crippen LogP contribution >= 0.6 is 0 Å². The smallest absolute Gasteiger partial charge is 0.0885 e. The van der Waals surface area contributed by atoms with E-state index in [1.54, 1.807) is 0 Å². The van der Waals surface area contributed by atoms with Crippen molar-refractivity contribution >= 4 is 55.2 Å². The fourth-order valence-corrected chi connectivity index (χ4v) is 7.43. The Hall–Kier alpha value is -5.76.